The average Bonchev–Trinajstić information content (AvgIpc) is 3.15. The average molecular weight is 441 g/mol. The summed E-state index contributed by atoms with van der Waals surface area (Å²) in [5.74, 6) is 3.12. The number of fused-ring (bicyclic) bond motifs is 1. The lowest BCUT2D eigenvalue weighted by molar-refractivity contribution is -0.129. The first-order valence-corrected chi connectivity index (χ1v) is 12.1. The zero-order chi connectivity index (χ0) is 22.8. The van der Waals surface area contributed by atoms with Gasteiger partial charge in [0.25, 0.3) is 0 Å². The van der Waals surface area contributed by atoms with E-state index in [0.29, 0.717) is 29.7 Å². The Hall–Kier alpha value is -2.21. The number of aromatic nitrogens is 2. The second kappa shape index (κ2) is 9.74. The summed E-state index contributed by atoms with van der Waals surface area (Å²) in [5.41, 5.74) is 3.04. The van der Waals surface area contributed by atoms with E-state index >= 15 is 0 Å². The maximum absolute atomic E-state index is 13.5. The number of H-pyrrole nitrogens is 1. The Balaban J connectivity index is 1.39. The Bertz CT molecular complexity index is 973. The fraction of sp³-hybridized carbons (Fsp3) is 0.615. The van der Waals surface area contributed by atoms with Crippen LogP contribution in [0.15, 0.2) is 29.8 Å². The Morgan fingerprint density at radius 3 is 2.75 bits per heavy atom. The standard InChI is InChI=1S/C26H37FN4O/c1-16(2)23-12-19(13-26-29-24-6-5-21(27)14-25(24)30-26)17(3)11-20(23)15-28-22-7-9-31(10-8-22)18(4)32/h5-6,11,14,16,19-20,22-23,28H,7-10,12-13,15H2,1-4H3,(H,29,30). The van der Waals surface area contributed by atoms with Gasteiger partial charge >= 0.3 is 0 Å². The van der Waals surface area contributed by atoms with Crippen LogP contribution in [0.2, 0.25) is 0 Å². The topological polar surface area (TPSA) is 61.0 Å². The molecule has 0 spiro atoms. The minimum Gasteiger partial charge on any atom is -0.343 e. The van der Waals surface area contributed by atoms with Crippen LogP contribution in [0, 0.1) is 29.5 Å². The number of nitrogens with zero attached hydrogens (tertiary/aromatic N) is 2. The number of likely N-dealkylation sites (tertiary alicyclic amines) is 1. The van der Waals surface area contributed by atoms with Crippen molar-refractivity contribution in [1.82, 2.24) is 20.2 Å². The number of benzene rings is 1. The lowest BCUT2D eigenvalue weighted by atomic mass is 9.69. The molecular weight excluding hydrogens is 403 g/mol. The molecule has 1 aliphatic heterocycles. The fourth-order valence-electron chi connectivity index (χ4n) is 5.57. The van der Waals surface area contributed by atoms with Crippen LogP contribution in [-0.4, -0.2) is 46.5 Å². The van der Waals surface area contributed by atoms with Gasteiger partial charge in [-0.25, -0.2) is 9.37 Å². The highest BCUT2D eigenvalue weighted by Crippen LogP contribution is 2.38. The number of carbonyl (C=O) groups is 1. The molecule has 3 unspecified atom stereocenters. The lowest BCUT2D eigenvalue weighted by Gasteiger charge is -2.39. The minimum absolute atomic E-state index is 0.190. The van der Waals surface area contributed by atoms with Crippen molar-refractivity contribution in [2.45, 2.75) is 59.4 Å². The SMILES string of the molecule is CC(=O)N1CCC(NCC2C=C(C)C(Cc3nc4ccc(F)cc4[nH]3)CC2C(C)C)CC1. The smallest absolute Gasteiger partial charge is 0.219 e. The summed E-state index contributed by atoms with van der Waals surface area (Å²) in [5, 5.41) is 3.81. The van der Waals surface area contributed by atoms with Crippen molar-refractivity contribution in [2.24, 2.45) is 23.7 Å². The van der Waals surface area contributed by atoms with E-state index in [-0.39, 0.29) is 11.7 Å². The van der Waals surface area contributed by atoms with Gasteiger partial charge in [0.2, 0.25) is 5.91 Å². The van der Waals surface area contributed by atoms with Crippen molar-refractivity contribution >= 4 is 16.9 Å². The van der Waals surface area contributed by atoms with Gasteiger partial charge in [0.1, 0.15) is 11.6 Å². The zero-order valence-corrected chi connectivity index (χ0v) is 19.8. The van der Waals surface area contributed by atoms with Crippen molar-refractivity contribution < 1.29 is 9.18 Å². The second-order valence-corrected chi connectivity index (χ2v) is 10.2. The van der Waals surface area contributed by atoms with Crippen molar-refractivity contribution in [2.75, 3.05) is 19.6 Å². The van der Waals surface area contributed by atoms with E-state index in [0.717, 1.165) is 62.2 Å². The van der Waals surface area contributed by atoms with Crippen LogP contribution in [0.4, 0.5) is 4.39 Å². The summed E-state index contributed by atoms with van der Waals surface area (Å²) in [4.78, 5) is 21.5. The van der Waals surface area contributed by atoms with Crippen LogP contribution in [0.1, 0.15) is 52.8 Å². The third-order valence-electron chi connectivity index (χ3n) is 7.60. The van der Waals surface area contributed by atoms with E-state index in [4.69, 9.17) is 4.98 Å². The molecule has 3 atom stereocenters. The number of allylic oxidation sites excluding steroid dienone is 1. The van der Waals surface area contributed by atoms with Crippen LogP contribution in [-0.2, 0) is 11.2 Å². The maximum atomic E-state index is 13.5. The molecule has 2 N–H and O–H groups in total. The maximum Gasteiger partial charge on any atom is 0.219 e. The molecule has 0 bridgehead atoms. The van der Waals surface area contributed by atoms with E-state index in [9.17, 15) is 9.18 Å². The highest BCUT2D eigenvalue weighted by molar-refractivity contribution is 5.75. The molecule has 1 aromatic carbocycles. The molecule has 0 radical (unpaired) electrons. The largest absolute Gasteiger partial charge is 0.343 e. The number of aromatic amines is 1. The summed E-state index contributed by atoms with van der Waals surface area (Å²) < 4.78 is 13.5. The molecule has 1 saturated heterocycles. The highest BCUT2D eigenvalue weighted by atomic mass is 19.1. The van der Waals surface area contributed by atoms with Gasteiger partial charge in [0, 0.05) is 39.0 Å². The molecule has 1 aliphatic carbocycles. The molecule has 2 aliphatic rings. The van der Waals surface area contributed by atoms with Gasteiger partial charge in [0.15, 0.2) is 0 Å². The quantitative estimate of drug-likeness (QED) is 0.640. The van der Waals surface area contributed by atoms with Crippen molar-refractivity contribution in [3.8, 4) is 0 Å². The molecule has 1 fully saturated rings. The second-order valence-electron chi connectivity index (χ2n) is 10.2. The first-order chi connectivity index (χ1) is 15.3. The summed E-state index contributed by atoms with van der Waals surface area (Å²) in [6.07, 6.45) is 6.58. The van der Waals surface area contributed by atoms with Crippen LogP contribution in [0.25, 0.3) is 11.0 Å². The first-order valence-electron chi connectivity index (χ1n) is 12.1. The number of nitrogens with one attached hydrogen (secondary N) is 2. The molecule has 32 heavy (non-hydrogen) atoms. The molecule has 1 aromatic heterocycles. The van der Waals surface area contributed by atoms with Crippen LogP contribution in [0.3, 0.4) is 0 Å². The van der Waals surface area contributed by atoms with Gasteiger partial charge in [-0.3, -0.25) is 4.79 Å². The lowest BCUT2D eigenvalue weighted by Crippen LogP contribution is -2.46. The van der Waals surface area contributed by atoms with Gasteiger partial charge in [-0.05, 0) is 68.1 Å². The van der Waals surface area contributed by atoms with E-state index < -0.39 is 0 Å². The molecule has 4 rings (SSSR count). The Labute approximate surface area is 190 Å². The number of carbonyl (C=O) groups excluding carboxylic acids is 1. The van der Waals surface area contributed by atoms with Crippen molar-refractivity contribution in [1.29, 1.82) is 0 Å². The number of halogens is 1. The molecule has 1 amide bonds. The van der Waals surface area contributed by atoms with Crippen LogP contribution in [0.5, 0.6) is 0 Å². The predicted molar refractivity (Wildman–Crippen MR) is 127 cm³/mol. The van der Waals surface area contributed by atoms with E-state index in [1.807, 2.05) is 4.90 Å². The summed E-state index contributed by atoms with van der Waals surface area (Å²) in [6, 6.07) is 5.23. The molecule has 174 valence electrons. The molecule has 0 saturated carbocycles. The Morgan fingerprint density at radius 1 is 1.31 bits per heavy atom. The van der Waals surface area contributed by atoms with Crippen molar-refractivity contribution in [3.05, 3.63) is 41.5 Å². The van der Waals surface area contributed by atoms with E-state index in [1.165, 1.54) is 17.7 Å². The number of amides is 1. The number of piperidine rings is 1. The highest BCUT2D eigenvalue weighted by Gasteiger charge is 2.32. The van der Waals surface area contributed by atoms with Gasteiger partial charge < -0.3 is 15.2 Å². The molecule has 2 heterocycles. The minimum atomic E-state index is -0.233. The molecule has 2 aromatic rings. The van der Waals surface area contributed by atoms with Crippen LogP contribution >= 0.6 is 0 Å². The zero-order valence-electron chi connectivity index (χ0n) is 19.8. The number of rotatable bonds is 6. The summed E-state index contributed by atoms with van der Waals surface area (Å²) in [7, 11) is 0. The van der Waals surface area contributed by atoms with Crippen LogP contribution < -0.4 is 5.32 Å². The summed E-state index contributed by atoms with van der Waals surface area (Å²) in [6.45, 7) is 11.3. The molecule has 6 heteroatoms. The number of hydrogen-bond acceptors (Lipinski definition) is 3. The van der Waals surface area contributed by atoms with Gasteiger partial charge in [0.05, 0.1) is 11.0 Å². The third kappa shape index (κ3) is 5.22. The monoisotopic (exact) mass is 440 g/mol. The van der Waals surface area contributed by atoms with Gasteiger partial charge in [-0.2, -0.15) is 0 Å². The summed E-state index contributed by atoms with van der Waals surface area (Å²) >= 11 is 0. The molecular formula is C26H37FN4O. The number of imidazole rings is 1. The van der Waals surface area contributed by atoms with Gasteiger partial charge in [-0.1, -0.05) is 25.5 Å². The Kier molecular flexibility index (Phi) is 6.99. The van der Waals surface area contributed by atoms with E-state index in [2.05, 4.69) is 37.1 Å². The van der Waals surface area contributed by atoms with Crippen molar-refractivity contribution in [3.63, 3.8) is 0 Å². The third-order valence-corrected chi connectivity index (χ3v) is 7.60. The molecule has 5 nitrogen and oxygen atoms in total. The Morgan fingerprint density at radius 2 is 2.06 bits per heavy atom. The predicted octanol–water partition coefficient (Wildman–Crippen LogP) is 4.70. The fourth-order valence-corrected chi connectivity index (χ4v) is 5.57. The van der Waals surface area contributed by atoms with Gasteiger partial charge in [-0.15, -0.1) is 0 Å². The first kappa shape index (κ1) is 23.0. The number of hydrogen-bond donors (Lipinski definition) is 2. The van der Waals surface area contributed by atoms with E-state index in [1.54, 1.807) is 13.0 Å². The normalized spacial score (nSPS) is 24.9.